The van der Waals surface area contributed by atoms with Crippen molar-refractivity contribution in [2.24, 2.45) is 23.7 Å². The Morgan fingerprint density at radius 3 is 2.00 bits per heavy atom. The zero-order valence-corrected chi connectivity index (χ0v) is 9.19. The molecule has 1 amide bonds. The minimum atomic E-state index is -0.824. The number of carbonyl (C=O) groups is 2. The summed E-state index contributed by atoms with van der Waals surface area (Å²) in [5, 5.41) is 11.9. The zero-order valence-electron chi connectivity index (χ0n) is 9.19. The predicted molar refractivity (Wildman–Crippen MR) is 56.6 cm³/mol. The molecule has 0 unspecified atom stereocenters. The van der Waals surface area contributed by atoms with Gasteiger partial charge < -0.3 is 10.4 Å². The first kappa shape index (κ1) is 10.1. The molecule has 0 aromatic rings. The van der Waals surface area contributed by atoms with Crippen LogP contribution in [-0.4, -0.2) is 23.0 Å². The minimum absolute atomic E-state index is 0.0174. The van der Waals surface area contributed by atoms with Crippen LogP contribution in [0.1, 0.15) is 32.1 Å². The maximum Gasteiger partial charge on any atom is 0.307 e. The van der Waals surface area contributed by atoms with E-state index in [0.29, 0.717) is 24.3 Å². The summed E-state index contributed by atoms with van der Waals surface area (Å²) in [6, 6.07) is 0.350. The highest BCUT2D eigenvalue weighted by atomic mass is 16.4. The molecule has 3 aliphatic rings. The number of hydrogen-bond donors (Lipinski definition) is 2. The topological polar surface area (TPSA) is 66.4 Å². The highest BCUT2D eigenvalue weighted by Gasteiger charge is 2.50. The van der Waals surface area contributed by atoms with Gasteiger partial charge in [0.2, 0.25) is 5.91 Å². The Labute approximate surface area is 94.4 Å². The molecule has 88 valence electrons. The average molecular weight is 223 g/mol. The van der Waals surface area contributed by atoms with E-state index in [4.69, 9.17) is 5.11 Å². The molecular weight excluding hydrogens is 206 g/mol. The number of amides is 1. The van der Waals surface area contributed by atoms with Gasteiger partial charge in [-0.05, 0) is 43.9 Å². The molecule has 4 nitrogen and oxygen atoms in total. The van der Waals surface area contributed by atoms with Gasteiger partial charge in [0.15, 0.2) is 0 Å². The molecule has 0 heterocycles. The Balaban J connectivity index is 1.53. The monoisotopic (exact) mass is 223 g/mol. The normalized spacial score (nSPS) is 32.6. The van der Waals surface area contributed by atoms with E-state index in [1.165, 1.54) is 25.7 Å². The van der Waals surface area contributed by atoms with Gasteiger partial charge in [-0.25, -0.2) is 0 Å². The summed E-state index contributed by atoms with van der Waals surface area (Å²) in [5.74, 6) is -0.153. The Hall–Kier alpha value is -1.06. The largest absolute Gasteiger partial charge is 0.481 e. The molecule has 0 spiro atoms. The van der Waals surface area contributed by atoms with Gasteiger partial charge in [0.05, 0.1) is 11.8 Å². The Morgan fingerprint density at radius 2 is 1.62 bits per heavy atom. The van der Waals surface area contributed by atoms with Gasteiger partial charge in [-0.2, -0.15) is 0 Å². The number of hydrogen-bond acceptors (Lipinski definition) is 2. The lowest BCUT2D eigenvalue weighted by Gasteiger charge is -2.17. The van der Waals surface area contributed by atoms with Crippen molar-refractivity contribution in [3.63, 3.8) is 0 Å². The lowest BCUT2D eigenvalue weighted by atomic mass is 10.1. The summed E-state index contributed by atoms with van der Waals surface area (Å²) < 4.78 is 0. The summed E-state index contributed by atoms with van der Waals surface area (Å²) in [5.41, 5.74) is 0. The summed E-state index contributed by atoms with van der Waals surface area (Å²) in [7, 11) is 0. The van der Waals surface area contributed by atoms with E-state index in [-0.39, 0.29) is 11.8 Å². The number of carboxylic acids is 1. The van der Waals surface area contributed by atoms with Crippen molar-refractivity contribution in [3.05, 3.63) is 0 Å². The molecule has 3 saturated carbocycles. The molecule has 4 heteroatoms. The van der Waals surface area contributed by atoms with Gasteiger partial charge in [0.25, 0.3) is 0 Å². The van der Waals surface area contributed by atoms with Crippen LogP contribution in [0.5, 0.6) is 0 Å². The van der Waals surface area contributed by atoms with Crippen molar-refractivity contribution in [2.45, 2.75) is 38.1 Å². The molecule has 3 fully saturated rings. The van der Waals surface area contributed by atoms with Crippen LogP contribution in [0.25, 0.3) is 0 Å². The number of nitrogens with one attached hydrogen (secondary N) is 1. The van der Waals surface area contributed by atoms with Gasteiger partial charge in [0, 0.05) is 6.04 Å². The van der Waals surface area contributed by atoms with Crippen molar-refractivity contribution in [1.29, 1.82) is 0 Å². The van der Waals surface area contributed by atoms with Gasteiger partial charge in [-0.3, -0.25) is 9.59 Å². The van der Waals surface area contributed by atoms with Crippen molar-refractivity contribution < 1.29 is 14.7 Å². The summed E-state index contributed by atoms with van der Waals surface area (Å²) in [6.45, 7) is 0. The predicted octanol–water partition coefficient (Wildman–Crippen LogP) is 1.01. The fourth-order valence-corrected chi connectivity index (χ4v) is 2.56. The second kappa shape index (κ2) is 3.47. The molecule has 3 aliphatic carbocycles. The molecule has 2 atom stereocenters. The number of aliphatic carboxylic acids is 1. The van der Waals surface area contributed by atoms with E-state index in [0.717, 1.165) is 0 Å². The van der Waals surface area contributed by atoms with Crippen LogP contribution in [0.3, 0.4) is 0 Å². The zero-order chi connectivity index (χ0) is 11.3. The van der Waals surface area contributed by atoms with Gasteiger partial charge >= 0.3 is 5.97 Å². The maximum absolute atomic E-state index is 11.8. The Bertz CT molecular complexity index is 321. The standard InChI is InChI=1S/C12H17NO3/c14-11(8-5-9(8)12(15)16)13-10(6-1-2-6)7-3-4-7/h6-10H,1-5H2,(H,13,14)(H,15,16)/t8-,9+/m1/s1. The summed E-state index contributed by atoms with van der Waals surface area (Å²) in [4.78, 5) is 22.5. The first-order valence-corrected chi connectivity index (χ1v) is 6.20. The number of carbonyl (C=O) groups excluding carboxylic acids is 1. The van der Waals surface area contributed by atoms with Crippen LogP contribution in [0.4, 0.5) is 0 Å². The highest BCUT2D eigenvalue weighted by molar-refractivity contribution is 5.89. The number of carboxylic acid groups (broad SMARTS) is 1. The van der Waals surface area contributed by atoms with Crippen molar-refractivity contribution >= 4 is 11.9 Å². The number of rotatable bonds is 5. The van der Waals surface area contributed by atoms with Crippen LogP contribution in [-0.2, 0) is 9.59 Å². The van der Waals surface area contributed by atoms with E-state index in [2.05, 4.69) is 5.32 Å². The van der Waals surface area contributed by atoms with E-state index in [9.17, 15) is 9.59 Å². The van der Waals surface area contributed by atoms with Crippen LogP contribution >= 0.6 is 0 Å². The first-order chi connectivity index (χ1) is 7.66. The molecule has 2 N–H and O–H groups in total. The minimum Gasteiger partial charge on any atom is -0.481 e. The van der Waals surface area contributed by atoms with Crippen LogP contribution in [0.15, 0.2) is 0 Å². The third-order valence-electron chi connectivity index (χ3n) is 4.01. The van der Waals surface area contributed by atoms with Gasteiger partial charge in [0.1, 0.15) is 0 Å². The first-order valence-electron chi connectivity index (χ1n) is 6.20. The molecule has 3 rings (SSSR count). The molecule has 0 aliphatic heterocycles. The quantitative estimate of drug-likeness (QED) is 0.731. The SMILES string of the molecule is O=C(O)[C@H]1C[C@H]1C(=O)NC(C1CC1)C1CC1. The second-order valence-corrected chi connectivity index (χ2v) is 5.50. The fourth-order valence-electron chi connectivity index (χ4n) is 2.56. The molecule has 0 aromatic heterocycles. The lowest BCUT2D eigenvalue weighted by Crippen LogP contribution is -2.39. The van der Waals surface area contributed by atoms with Crippen molar-refractivity contribution in [2.75, 3.05) is 0 Å². The summed E-state index contributed by atoms with van der Waals surface area (Å²) in [6.07, 6.45) is 5.45. The van der Waals surface area contributed by atoms with Crippen LogP contribution < -0.4 is 5.32 Å². The molecule has 0 bridgehead atoms. The Morgan fingerprint density at radius 1 is 1.06 bits per heavy atom. The van der Waals surface area contributed by atoms with E-state index in [1.807, 2.05) is 0 Å². The maximum atomic E-state index is 11.8. The molecule has 0 saturated heterocycles. The van der Waals surface area contributed by atoms with Crippen LogP contribution in [0.2, 0.25) is 0 Å². The molecule has 0 aromatic carbocycles. The lowest BCUT2D eigenvalue weighted by molar-refractivity contribution is -0.140. The average Bonchev–Trinajstić information content (AvgIpc) is 3.16. The van der Waals surface area contributed by atoms with E-state index < -0.39 is 11.9 Å². The van der Waals surface area contributed by atoms with Crippen molar-refractivity contribution in [3.8, 4) is 0 Å². The van der Waals surface area contributed by atoms with Crippen molar-refractivity contribution in [1.82, 2.24) is 5.32 Å². The Kier molecular flexibility index (Phi) is 2.19. The fraction of sp³-hybridized carbons (Fsp3) is 0.833. The molecular formula is C12H17NO3. The summed E-state index contributed by atoms with van der Waals surface area (Å²) >= 11 is 0. The smallest absolute Gasteiger partial charge is 0.307 e. The van der Waals surface area contributed by atoms with Crippen LogP contribution in [0, 0.1) is 23.7 Å². The van der Waals surface area contributed by atoms with Gasteiger partial charge in [-0.15, -0.1) is 0 Å². The van der Waals surface area contributed by atoms with E-state index >= 15 is 0 Å². The van der Waals surface area contributed by atoms with E-state index in [1.54, 1.807) is 0 Å². The second-order valence-electron chi connectivity index (χ2n) is 5.50. The molecule has 0 radical (unpaired) electrons. The highest BCUT2D eigenvalue weighted by Crippen LogP contribution is 2.45. The molecule has 16 heavy (non-hydrogen) atoms. The van der Waals surface area contributed by atoms with Gasteiger partial charge in [-0.1, -0.05) is 0 Å². The third kappa shape index (κ3) is 1.93. The third-order valence-corrected chi connectivity index (χ3v) is 4.01.